The van der Waals surface area contributed by atoms with Crippen molar-refractivity contribution in [1.82, 2.24) is 10.2 Å². The maximum atomic E-state index is 11.2. The van der Waals surface area contributed by atoms with Crippen molar-refractivity contribution in [3.8, 4) is 0 Å². The molecule has 0 radical (unpaired) electrons. The van der Waals surface area contributed by atoms with Crippen molar-refractivity contribution in [2.45, 2.75) is 51.5 Å². The zero-order valence-electron chi connectivity index (χ0n) is 12.6. The summed E-state index contributed by atoms with van der Waals surface area (Å²) < 4.78 is 0. The summed E-state index contributed by atoms with van der Waals surface area (Å²) in [5.41, 5.74) is -0.452. The van der Waals surface area contributed by atoms with E-state index in [2.05, 4.69) is 10.2 Å². The number of carboxylic acid groups (broad SMARTS) is 1. The van der Waals surface area contributed by atoms with Gasteiger partial charge in [0.2, 0.25) is 0 Å². The molecular weight excluding hydrogens is 252 g/mol. The molecule has 2 heterocycles. The maximum Gasteiger partial charge on any atom is 0.309 e. The van der Waals surface area contributed by atoms with E-state index in [1.165, 1.54) is 51.9 Å². The van der Waals surface area contributed by atoms with Crippen LogP contribution in [0.5, 0.6) is 0 Å². The van der Waals surface area contributed by atoms with Gasteiger partial charge in [0, 0.05) is 12.6 Å². The Morgan fingerprint density at radius 1 is 1.20 bits per heavy atom. The third-order valence-corrected chi connectivity index (χ3v) is 5.94. The van der Waals surface area contributed by atoms with E-state index in [4.69, 9.17) is 0 Å². The highest BCUT2D eigenvalue weighted by Gasteiger charge is 2.49. The van der Waals surface area contributed by atoms with Crippen LogP contribution in [0.3, 0.4) is 0 Å². The third-order valence-electron chi connectivity index (χ3n) is 5.94. The van der Waals surface area contributed by atoms with Crippen LogP contribution >= 0.6 is 0 Å². The van der Waals surface area contributed by atoms with Gasteiger partial charge in [0.1, 0.15) is 0 Å². The van der Waals surface area contributed by atoms with Crippen LogP contribution in [0.15, 0.2) is 0 Å². The summed E-state index contributed by atoms with van der Waals surface area (Å²) in [6, 6.07) is 0.528. The number of hydrogen-bond acceptors (Lipinski definition) is 3. The predicted octanol–water partition coefficient (Wildman–Crippen LogP) is 1.95. The van der Waals surface area contributed by atoms with Crippen molar-refractivity contribution in [1.29, 1.82) is 0 Å². The number of hydrogen-bond donors (Lipinski definition) is 2. The monoisotopic (exact) mass is 280 g/mol. The van der Waals surface area contributed by atoms with Gasteiger partial charge in [-0.2, -0.15) is 0 Å². The number of carbonyl (C=O) groups is 1. The second kappa shape index (κ2) is 5.64. The first-order valence-electron chi connectivity index (χ1n) is 8.27. The Kier molecular flexibility index (Phi) is 4.04. The average molecular weight is 280 g/mol. The lowest BCUT2D eigenvalue weighted by atomic mass is 9.65. The SMILES string of the molecule is CC1(C(=O)O)CC(N2CCCC(C3CCNCC3)C2)C1. The highest BCUT2D eigenvalue weighted by atomic mass is 16.4. The summed E-state index contributed by atoms with van der Waals surface area (Å²) in [5.74, 6) is 1.13. The zero-order valence-corrected chi connectivity index (χ0v) is 12.6. The van der Waals surface area contributed by atoms with Gasteiger partial charge in [-0.3, -0.25) is 4.79 Å². The summed E-state index contributed by atoms with van der Waals surface area (Å²) >= 11 is 0. The van der Waals surface area contributed by atoms with Crippen LogP contribution in [0.4, 0.5) is 0 Å². The highest BCUT2D eigenvalue weighted by molar-refractivity contribution is 5.75. The number of nitrogens with zero attached hydrogens (tertiary/aromatic N) is 1. The molecule has 0 aromatic rings. The molecule has 3 fully saturated rings. The summed E-state index contributed by atoms with van der Waals surface area (Å²) in [6.45, 7) is 6.66. The van der Waals surface area contributed by atoms with Crippen molar-refractivity contribution < 1.29 is 9.90 Å². The van der Waals surface area contributed by atoms with Crippen LogP contribution in [0.1, 0.15) is 45.4 Å². The first-order chi connectivity index (χ1) is 9.58. The van der Waals surface area contributed by atoms with Crippen LogP contribution in [-0.4, -0.2) is 48.2 Å². The number of rotatable bonds is 3. The van der Waals surface area contributed by atoms with E-state index in [1.807, 2.05) is 6.92 Å². The van der Waals surface area contributed by atoms with Crippen LogP contribution in [0, 0.1) is 17.3 Å². The van der Waals surface area contributed by atoms with Gasteiger partial charge in [0.05, 0.1) is 5.41 Å². The van der Waals surface area contributed by atoms with Crippen LogP contribution in [0.2, 0.25) is 0 Å². The largest absolute Gasteiger partial charge is 0.481 e. The van der Waals surface area contributed by atoms with Gasteiger partial charge in [0.15, 0.2) is 0 Å². The second-order valence-corrected chi connectivity index (χ2v) is 7.41. The van der Waals surface area contributed by atoms with E-state index >= 15 is 0 Å². The van der Waals surface area contributed by atoms with Gasteiger partial charge in [-0.25, -0.2) is 0 Å². The fraction of sp³-hybridized carbons (Fsp3) is 0.938. The van der Waals surface area contributed by atoms with E-state index < -0.39 is 11.4 Å². The molecular formula is C16H28N2O2. The van der Waals surface area contributed by atoms with E-state index in [9.17, 15) is 9.90 Å². The topological polar surface area (TPSA) is 52.6 Å². The minimum atomic E-state index is -0.610. The lowest BCUT2D eigenvalue weighted by molar-refractivity contribution is -0.158. The lowest BCUT2D eigenvalue weighted by Gasteiger charge is -2.50. The fourth-order valence-electron chi connectivity index (χ4n) is 4.49. The van der Waals surface area contributed by atoms with Crippen molar-refractivity contribution >= 4 is 5.97 Å². The Morgan fingerprint density at radius 2 is 1.90 bits per heavy atom. The van der Waals surface area contributed by atoms with Crippen molar-refractivity contribution in [2.75, 3.05) is 26.2 Å². The normalized spacial score (nSPS) is 40.2. The molecule has 0 amide bonds. The van der Waals surface area contributed by atoms with Gasteiger partial charge >= 0.3 is 5.97 Å². The maximum absolute atomic E-state index is 11.2. The molecule has 1 atom stereocenters. The molecule has 2 N–H and O–H groups in total. The average Bonchev–Trinajstić information content (AvgIpc) is 2.45. The van der Waals surface area contributed by atoms with Crippen LogP contribution < -0.4 is 5.32 Å². The second-order valence-electron chi connectivity index (χ2n) is 7.41. The lowest BCUT2D eigenvalue weighted by Crippen LogP contribution is -2.56. The molecule has 1 unspecified atom stereocenters. The zero-order chi connectivity index (χ0) is 14.2. The third kappa shape index (κ3) is 2.73. The Bertz CT molecular complexity index is 359. The molecule has 0 bridgehead atoms. The van der Waals surface area contributed by atoms with Gasteiger partial charge in [0.25, 0.3) is 0 Å². The summed E-state index contributed by atoms with van der Waals surface area (Å²) in [4.78, 5) is 13.8. The van der Waals surface area contributed by atoms with Gasteiger partial charge in [-0.05, 0) is 76.9 Å². The van der Waals surface area contributed by atoms with E-state index in [0.29, 0.717) is 6.04 Å². The van der Waals surface area contributed by atoms with E-state index in [1.54, 1.807) is 0 Å². The van der Waals surface area contributed by atoms with Crippen molar-refractivity contribution in [3.05, 3.63) is 0 Å². The predicted molar refractivity (Wildman–Crippen MR) is 78.7 cm³/mol. The summed E-state index contributed by atoms with van der Waals surface area (Å²) in [6.07, 6.45) is 7.04. The molecule has 114 valence electrons. The number of carboxylic acids is 1. The summed E-state index contributed by atoms with van der Waals surface area (Å²) in [7, 11) is 0. The minimum absolute atomic E-state index is 0.452. The molecule has 1 aliphatic carbocycles. The molecule has 4 heteroatoms. The fourth-order valence-corrected chi connectivity index (χ4v) is 4.49. The molecule has 1 saturated carbocycles. The number of likely N-dealkylation sites (tertiary alicyclic amines) is 1. The van der Waals surface area contributed by atoms with E-state index in [-0.39, 0.29) is 0 Å². The summed E-state index contributed by atoms with van der Waals surface area (Å²) in [5, 5.41) is 12.7. The van der Waals surface area contributed by atoms with Gasteiger partial charge in [-0.15, -0.1) is 0 Å². The molecule has 3 rings (SSSR count). The Hall–Kier alpha value is -0.610. The quantitative estimate of drug-likeness (QED) is 0.829. The Morgan fingerprint density at radius 3 is 2.55 bits per heavy atom. The van der Waals surface area contributed by atoms with Gasteiger partial charge < -0.3 is 15.3 Å². The Balaban J connectivity index is 1.53. The van der Waals surface area contributed by atoms with Crippen molar-refractivity contribution in [2.24, 2.45) is 17.3 Å². The standard InChI is InChI=1S/C16H28N2O2/c1-16(15(19)20)9-14(10-16)18-8-2-3-13(11-18)12-4-6-17-7-5-12/h12-14,17H,2-11H2,1H3,(H,19,20). The van der Waals surface area contributed by atoms with Crippen LogP contribution in [-0.2, 0) is 4.79 Å². The molecule has 0 aromatic heterocycles. The van der Waals surface area contributed by atoms with E-state index in [0.717, 1.165) is 24.7 Å². The van der Waals surface area contributed by atoms with Crippen molar-refractivity contribution in [3.63, 3.8) is 0 Å². The molecule has 4 nitrogen and oxygen atoms in total. The molecule has 0 aromatic carbocycles. The first kappa shape index (κ1) is 14.3. The minimum Gasteiger partial charge on any atom is -0.481 e. The molecule has 2 aliphatic heterocycles. The number of piperidine rings is 2. The van der Waals surface area contributed by atoms with Crippen LogP contribution in [0.25, 0.3) is 0 Å². The Labute approximate surface area is 121 Å². The molecule has 0 spiro atoms. The molecule has 2 saturated heterocycles. The van der Waals surface area contributed by atoms with Gasteiger partial charge in [-0.1, -0.05) is 0 Å². The molecule has 3 aliphatic rings. The smallest absolute Gasteiger partial charge is 0.309 e. The number of aliphatic carboxylic acids is 1. The number of nitrogens with one attached hydrogen (secondary N) is 1. The first-order valence-corrected chi connectivity index (χ1v) is 8.27. The molecule has 20 heavy (non-hydrogen) atoms. The highest BCUT2D eigenvalue weighted by Crippen LogP contribution is 2.45.